The molecule has 2 amide bonds. The number of hydrogen-bond acceptors (Lipinski definition) is 4. The van der Waals surface area contributed by atoms with Crippen molar-refractivity contribution in [3.63, 3.8) is 0 Å². The van der Waals surface area contributed by atoms with Crippen molar-refractivity contribution in [2.45, 2.75) is 46.1 Å². The zero-order valence-electron chi connectivity index (χ0n) is 14.6. The van der Waals surface area contributed by atoms with E-state index in [0.717, 1.165) is 11.1 Å². The fourth-order valence-corrected chi connectivity index (χ4v) is 2.30. The van der Waals surface area contributed by atoms with E-state index >= 15 is 0 Å². The van der Waals surface area contributed by atoms with Gasteiger partial charge in [-0.25, -0.2) is 4.79 Å². The van der Waals surface area contributed by atoms with Gasteiger partial charge in [0.25, 0.3) is 0 Å². The molecule has 0 saturated carbocycles. The van der Waals surface area contributed by atoms with Gasteiger partial charge in [0.05, 0.1) is 18.8 Å². The van der Waals surface area contributed by atoms with E-state index in [-0.39, 0.29) is 18.2 Å². The maximum Gasteiger partial charge on any atom is 0.315 e. The summed E-state index contributed by atoms with van der Waals surface area (Å²) in [6.07, 6.45) is 1.78. The largest absolute Gasteiger partial charge is 0.374 e. The molecule has 0 bridgehead atoms. The van der Waals surface area contributed by atoms with Crippen molar-refractivity contribution in [2.75, 3.05) is 0 Å². The van der Waals surface area contributed by atoms with Crippen LogP contribution in [0, 0.1) is 0 Å². The molecule has 1 atom stereocenters. The molecule has 1 unspecified atom stereocenters. The van der Waals surface area contributed by atoms with Crippen LogP contribution in [0.15, 0.2) is 30.6 Å². The van der Waals surface area contributed by atoms with Crippen LogP contribution in [0.4, 0.5) is 4.79 Å². The molecule has 2 aromatic rings. The van der Waals surface area contributed by atoms with Gasteiger partial charge in [0.15, 0.2) is 5.82 Å². The Bertz CT molecular complexity index is 669. The number of aromatic nitrogens is 3. The maximum atomic E-state index is 12.1. The van der Waals surface area contributed by atoms with Crippen LogP contribution in [0.1, 0.15) is 43.8 Å². The van der Waals surface area contributed by atoms with Gasteiger partial charge in [-0.05, 0) is 31.9 Å². The highest BCUT2D eigenvalue weighted by Gasteiger charge is 2.14. The first-order valence-electron chi connectivity index (χ1n) is 8.04. The van der Waals surface area contributed by atoms with Crippen molar-refractivity contribution in [3.05, 3.63) is 47.5 Å². The van der Waals surface area contributed by atoms with Crippen molar-refractivity contribution in [1.29, 1.82) is 0 Å². The van der Waals surface area contributed by atoms with Gasteiger partial charge in [0.2, 0.25) is 0 Å². The molecule has 2 rings (SSSR count). The van der Waals surface area contributed by atoms with Crippen molar-refractivity contribution in [3.8, 4) is 0 Å². The lowest BCUT2D eigenvalue weighted by Crippen LogP contribution is -2.37. The summed E-state index contributed by atoms with van der Waals surface area (Å²) in [7, 11) is 1.84. The van der Waals surface area contributed by atoms with Crippen molar-refractivity contribution >= 4 is 6.03 Å². The number of ether oxygens (including phenoxy) is 1. The number of nitrogens with one attached hydrogen (secondary N) is 2. The SMILES string of the molecule is CC(C)OCc1ccccc1CNC(=O)NC(C)c1nncn1C. The molecular formula is C17H25N5O2. The number of carbonyl (C=O) groups is 1. The summed E-state index contributed by atoms with van der Waals surface area (Å²) < 4.78 is 7.44. The standard InChI is InChI=1S/C17H25N5O2/c1-12(2)24-10-15-8-6-5-7-14(15)9-18-17(23)20-13(3)16-21-19-11-22(16)4/h5-8,11-13H,9-10H2,1-4H3,(H2,18,20,23). The van der Waals surface area contributed by atoms with Gasteiger partial charge in [0, 0.05) is 13.6 Å². The number of urea groups is 1. The molecule has 0 fully saturated rings. The van der Waals surface area contributed by atoms with Gasteiger partial charge in [-0.15, -0.1) is 10.2 Å². The lowest BCUT2D eigenvalue weighted by molar-refractivity contribution is 0.0652. The molecule has 130 valence electrons. The second-order valence-corrected chi connectivity index (χ2v) is 5.98. The lowest BCUT2D eigenvalue weighted by atomic mass is 10.1. The normalized spacial score (nSPS) is 12.2. The number of carbonyl (C=O) groups excluding carboxylic acids is 1. The smallest absolute Gasteiger partial charge is 0.315 e. The monoisotopic (exact) mass is 331 g/mol. The van der Waals surface area contributed by atoms with Gasteiger partial charge in [-0.2, -0.15) is 0 Å². The van der Waals surface area contributed by atoms with Crippen LogP contribution in [0.25, 0.3) is 0 Å². The molecule has 0 aliphatic rings. The molecule has 2 N–H and O–H groups in total. The number of nitrogens with zero attached hydrogens (tertiary/aromatic N) is 3. The average Bonchev–Trinajstić information content (AvgIpc) is 2.97. The zero-order valence-corrected chi connectivity index (χ0v) is 14.6. The van der Waals surface area contributed by atoms with Crippen LogP contribution >= 0.6 is 0 Å². The average molecular weight is 331 g/mol. The molecule has 1 aromatic carbocycles. The van der Waals surface area contributed by atoms with E-state index in [1.165, 1.54) is 0 Å². The first kappa shape index (κ1) is 17.9. The molecule has 1 heterocycles. The van der Waals surface area contributed by atoms with E-state index in [9.17, 15) is 4.79 Å². The second kappa shape index (κ2) is 8.44. The third-order valence-corrected chi connectivity index (χ3v) is 3.61. The molecule has 0 aliphatic heterocycles. The third kappa shape index (κ3) is 5.06. The number of amides is 2. The molecule has 7 nitrogen and oxygen atoms in total. The molecule has 0 aliphatic carbocycles. The topological polar surface area (TPSA) is 81.1 Å². The number of aryl methyl sites for hydroxylation is 1. The van der Waals surface area contributed by atoms with Gasteiger partial charge >= 0.3 is 6.03 Å². The van der Waals surface area contributed by atoms with Gasteiger partial charge in [-0.1, -0.05) is 24.3 Å². The van der Waals surface area contributed by atoms with E-state index in [1.807, 2.05) is 52.1 Å². The Morgan fingerprint density at radius 3 is 2.58 bits per heavy atom. The Balaban J connectivity index is 1.89. The molecule has 0 spiro atoms. The summed E-state index contributed by atoms with van der Waals surface area (Å²) in [4.78, 5) is 12.1. The summed E-state index contributed by atoms with van der Waals surface area (Å²) in [5.74, 6) is 0.705. The first-order chi connectivity index (χ1) is 11.5. The van der Waals surface area contributed by atoms with Crippen molar-refractivity contribution in [2.24, 2.45) is 7.05 Å². The summed E-state index contributed by atoms with van der Waals surface area (Å²) in [5.41, 5.74) is 2.12. The van der Waals surface area contributed by atoms with Crippen LogP contribution in [0.5, 0.6) is 0 Å². The van der Waals surface area contributed by atoms with E-state index in [2.05, 4.69) is 20.8 Å². The minimum absolute atomic E-state index is 0.168. The van der Waals surface area contributed by atoms with Crippen LogP contribution in [0.3, 0.4) is 0 Å². The Morgan fingerprint density at radius 1 is 1.25 bits per heavy atom. The number of benzene rings is 1. The van der Waals surface area contributed by atoms with Crippen molar-refractivity contribution < 1.29 is 9.53 Å². The van der Waals surface area contributed by atoms with Crippen LogP contribution in [-0.2, 0) is 24.9 Å². The highest BCUT2D eigenvalue weighted by Crippen LogP contribution is 2.11. The van der Waals surface area contributed by atoms with E-state index < -0.39 is 0 Å². The van der Waals surface area contributed by atoms with Gasteiger partial charge in [0.1, 0.15) is 6.33 Å². The maximum absolute atomic E-state index is 12.1. The quantitative estimate of drug-likeness (QED) is 0.816. The number of rotatable bonds is 7. The third-order valence-electron chi connectivity index (χ3n) is 3.61. The molecule has 7 heteroatoms. The van der Waals surface area contributed by atoms with E-state index in [1.54, 1.807) is 10.9 Å². The lowest BCUT2D eigenvalue weighted by Gasteiger charge is -2.15. The summed E-state index contributed by atoms with van der Waals surface area (Å²) in [6.45, 7) is 6.85. The Morgan fingerprint density at radius 2 is 1.96 bits per heavy atom. The van der Waals surface area contributed by atoms with Gasteiger partial charge in [-0.3, -0.25) is 0 Å². The minimum atomic E-state index is -0.245. The molecular weight excluding hydrogens is 306 g/mol. The summed E-state index contributed by atoms with van der Waals surface area (Å²) in [5, 5.41) is 13.5. The van der Waals surface area contributed by atoms with Crippen molar-refractivity contribution in [1.82, 2.24) is 25.4 Å². The van der Waals surface area contributed by atoms with E-state index in [0.29, 0.717) is 19.0 Å². The van der Waals surface area contributed by atoms with Gasteiger partial charge < -0.3 is 19.9 Å². The first-order valence-corrected chi connectivity index (χ1v) is 8.04. The molecule has 24 heavy (non-hydrogen) atoms. The molecule has 0 saturated heterocycles. The summed E-state index contributed by atoms with van der Waals surface area (Å²) in [6, 6.07) is 7.46. The fraction of sp³-hybridized carbons (Fsp3) is 0.471. The van der Waals surface area contributed by atoms with Crippen LogP contribution < -0.4 is 10.6 Å². The zero-order chi connectivity index (χ0) is 17.5. The van der Waals surface area contributed by atoms with Crippen LogP contribution in [-0.4, -0.2) is 26.9 Å². The van der Waals surface area contributed by atoms with E-state index in [4.69, 9.17) is 4.74 Å². The fourth-order valence-electron chi connectivity index (χ4n) is 2.30. The number of hydrogen-bond donors (Lipinski definition) is 2. The highest BCUT2D eigenvalue weighted by atomic mass is 16.5. The molecule has 1 aromatic heterocycles. The predicted molar refractivity (Wildman–Crippen MR) is 91.2 cm³/mol. The Kier molecular flexibility index (Phi) is 6.31. The van der Waals surface area contributed by atoms with Crippen LogP contribution in [0.2, 0.25) is 0 Å². The Labute approximate surface area is 142 Å². The minimum Gasteiger partial charge on any atom is -0.374 e. The second-order valence-electron chi connectivity index (χ2n) is 5.98. The Hall–Kier alpha value is -2.41. The predicted octanol–water partition coefficient (Wildman–Crippen LogP) is 2.30. The summed E-state index contributed by atoms with van der Waals surface area (Å²) >= 11 is 0. The molecule has 0 radical (unpaired) electrons. The highest BCUT2D eigenvalue weighted by molar-refractivity contribution is 5.74.